The first-order chi connectivity index (χ1) is 20.2. The van der Waals surface area contributed by atoms with E-state index in [1.807, 2.05) is 0 Å². The molecule has 10 heteroatoms. The van der Waals surface area contributed by atoms with E-state index >= 15 is 0 Å². The fourth-order valence-electron chi connectivity index (χ4n) is 4.28. The highest BCUT2D eigenvalue weighted by atomic mass is 32.2. The number of pyridine rings is 1. The van der Waals surface area contributed by atoms with Crippen molar-refractivity contribution in [1.29, 1.82) is 0 Å². The predicted molar refractivity (Wildman–Crippen MR) is 158 cm³/mol. The number of para-hydroxylation sites is 1. The van der Waals surface area contributed by atoms with Crippen LogP contribution in [0, 0.1) is 6.57 Å². The highest BCUT2D eigenvalue weighted by Crippen LogP contribution is 2.28. The largest absolute Gasteiger partial charge is 0.478 e. The molecule has 9 nitrogen and oxygen atoms in total. The van der Waals surface area contributed by atoms with Crippen molar-refractivity contribution in [2.24, 2.45) is 0 Å². The zero-order valence-electron chi connectivity index (χ0n) is 22.0. The van der Waals surface area contributed by atoms with Gasteiger partial charge < -0.3 is 15.2 Å². The molecular weight excluding hydrogens is 554 g/mol. The lowest BCUT2D eigenvalue weighted by Crippen LogP contribution is -2.16. The van der Waals surface area contributed by atoms with Crippen molar-refractivity contribution in [2.75, 3.05) is 5.32 Å². The molecule has 2 N–H and O–H groups in total. The molecule has 0 bridgehead atoms. The standard InChI is InChI=1S/C32H23N3O6S/c1-33-25-11-6-21(7-12-25)20-42(39,40)27-14-10-23-17-26(13-9-24(23)18-27)41-31-15-8-22(19-34-31)16-30(36)35-29-5-3-2-4-28(29)32(37)38/h2-15,17-19H,16,20H2,(H,35,36)(H,37,38). The van der Waals surface area contributed by atoms with Crippen molar-refractivity contribution < 1.29 is 27.9 Å². The van der Waals surface area contributed by atoms with Crippen LogP contribution in [0.4, 0.5) is 11.4 Å². The van der Waals surface area contributed by atoms with Crippen molar-refractivity contribution in [3.05, 3.63) is 131 Å². The number of carboxylic acid groups (broad SMARTS) is 1. The van der Waals surface area contributed by atoms with Crippen LogP contribution < -0.4 is 10.1 Å². The second-order valence-electron chi connectivity index (χ2n) is 9.39. The van der Waals surface area contributed by atoms with Crippen molar-refractivity contribution in [1.82, 2.24) is 4.98 Å². The molecule has 208 valence electrons. The number of hydrogen-bond acceptors (Lipinski definition) is 6. The number of nitrogens with one attached hydrogen (secondary N) is 1. The van der Waals surface area contributed by atoms with Gasteiger partial charge in [0.2, 0.25) is 11.8 Å². The summed E-state index contributed by atoms with van der Waals surface area (Å²) in [5.74, 6) is -0.877. The Bertz CT molecular complexity index is 1950. The van der Waals surface area contributed by atoms with Crippen LogP contribution in [0.25, 0.3) is 15.6 Å². The second kappa shape index (κ2) is 11.9. The third kappa shape index (κ3) is 6.60. The molecule has 5 rings (SSSR count). The maximum absolute atomic E-state index is 13.0. The number of carbonyl (C=O) groups excluding carboxylic acids is 1. The highest BCUT2D eigenvalue weighted by molar-refractivity contribution is 7.90. The van der Waals surface area contributed by atoms with Crippen molar-refractivity contribution in [3.63, 3.8) is 0 Å². The Morgan fingerprint density at radius 1 is 0.881 bits per heavy atom. The Kier molecular flexibility index (Phi) is 7.95. The lowest BCUT2D eigenvalue weighted by molar-refractivity contribution is -0.115. The van der Waals surface area contributed by atoms with E-state index in [1.54, 1.807) is 84.9 Å². The number of carbonyl (C=O) groups is 2. The second-order valence-corrected chi connectivity index (χ2v) is 11.4. The summed E-state index contributed by atoms with van der Waals surface area (Å²) >= 11 is 0. The van der Waals surface area contributed by atoms with Crippen LogP contribution in [0.3, 0.4) is 0 Å². The number of ether oxygens (including phenoxy) is 1. The van der Waals surface area contributed by atoms with Crippen molar-refractivity contribution in [2.45, 2.75) is 17.1 Å². The molecule has 4 aromatic carbocycles. The van der Waals surface area contributed by atoms with Gasteiger partial charge in [0.1, 0.15) is 5.75 Å². The van der Waals surface area contributed by atoms with Gasteiger partial charge in [-0.25, -0.2) is 23.0 Å². The molecule has 42 heavy (non-hydrogen) atoms. The van der Waals surface area contributed by atoms with Gasteiger partial charge in [0, 0.05) is 12.3 Å². The molecule has 0 saturated carbocycles. The number of fused-ring (bicyclic) bond motifs is 1. The number of anilines is 1. The SMILES string of the molecule is [C-]#[N+]c1ccc(CS(=O)(=O)c2ccc3cc(Oc4ccc(CC(=O)Nc5ccccc5C(=O)O)cn4)ccc3c2)cc1. The van der Waals surface area contributed by atoms with Gasteiger partial charge in [-0.3, -0.25) is 4.79 Å². The monoisotopic (exact) mass is 577 g/mol. The van der Waals surface area contributed by atoms with E-state index in [1.165, 1.54) is 18.3 Å². The Hall–Kier alpha value is -5.53. The summed E-state index contributed by atoms with van der Waals surface area (Å²) < 4.78 is 31.9. The smallest absolute Gasteiger partial charge is 0.337 e. The van der Waals surface area contributed by atoms with Crippen LogP contribution >= 0.6 is 0 Å². The van der Waals surface area contributed by atoms with Gasteiger partial charge in [-0.2, -0.15) is 0 Å². The van der Waals surface area contributed by atoms with Crippen molar-refractivity contribution in [3.8, 4) is 11.6 Å². The number of aromatic nitrogens is 1. The van der Waals surface area contributed by atoms with Gasteiger partial charge in [-0.05, 0) is 58.3 Å². The molecule has 0 saturated heterocycles. The van der Waals surface area contributed by atoms with Crippen molar-refractivity contribution >= 4 is 43.9 Å². The lowest BCUT2D eigenvalue weighted by Gasteiger charge is -2.10. The molecule has 0 unspecified atom stereocenters. The molecule has 0 aliphatic rings. The molecule has 0 aliphatic carbocycles. The molecule has 0 aliphatic heterocycles. The number of aromatic carboxylic acids is 1. The van der Waals surface area contributed by atoms with Crippen LogP contribution in [-0.4, -0.2) is 30.4 Å². The van der Waals surface area contributed by atoms with Crippen LogP contribution in [0.15, 0.2) is 108 Å². The Balaban J connectivity index is 1.23. The van der Waals surface area contributed by atoms with E-state index in [0.717, 1.165) is 10.8 Å². The zero-order chi connectivity index (χ0) is 29.7. The number of rotatable bonds is 9. The minimum absolute atomic E-state index is 0.00455. The Morgan fingerprint density at radius 2 is 1.60 bits per heavy atom. The van der Waals surface area contributed by atoms with E-state index in [4.69, 9.17) is 11.3 Å². The lowest BCUT2D eigenvalue weighted by atomic mass is 10.1. The number of hydrogen-bond donors (Lipinski definition) is 2. The molecule has 1 amide bonds. The number of benzene rings is 4. The van der Waals surface area contributed by atoms with Crippen LogP contribution in [0.1, 0.15) is 21.5 Å². The summed E-state index contributed by atoms with van der Waals surface area (Å²) in [4.78, 5) is 31.6. The zero-order valence-corrected chi connectivity index (χ0v) is 22.8. The average molecular weight is 578 g/mol. The maximum atomic E-state index is 13.0. The number of carboxylic acids is 1. The minimum atomic E-state index is -3.59. The third-order valence-corrected chi connectivity index (χ3v) is 8.07. The summed E-state index contributed by atoms with van der Waals surface area (Å²) in [5.41, 5.74) is 1.90. The van der Waals surface area contributed by atoms with Crippen LogP contribution in [0.2, 0.25) is 0 Å². The quantitative estimate of drug-likeness (QED) is 0.193. The van der Waals surface area contributed by atoms with E-state index in [2.05, 4.69) is 15.1 Å². The summed E-state index contributed by atoms with van der Waals surface area (Å²) in [6, 6.07) is 26.1. The van der Waals surface area contributed by atoms with E-state index in [9.17, 15) is 23.1 Å². The summed E-state index contributed by atoms with van der Waals surface area (Å²) in [6.45, 7) is 7.03. The van der Waals surface area contributed by atoms with Crippen LogP contribution in [-0.2, 0) is 26.8 Å². The third-order valence-electron chi connectivity index (χ3n) is 6.38. The summed E-state index contributed by atoms with van der Waals surface area (Å²) in [5, 5.41) is 13.4. The number of nitrogens with zero attached hydrogens (tertiary/aromatic N) is 2. The maximum Gasteiger partial charge on any atom is 0.337 e. The van der Waals surface area contributed by atoms with Gasteiger partial charge in [0.25, 0.3) is 0 Å². The van der Waals surface area contributed by atoms with E-state index < -0.39 is 15.8 Å². The molecule has 1 heterocycles. The van der Waals surface area contributed by atoms with Gasteiger partial charge in [0.05, 0.1) is 34.9 Å². The molecular formula is C32H23N3O6S. The van der Waals surface area contributed by atoms with E-state index in [-0.39, 0.29) is 34.2 Å². The fraction of sp³-hybridized carbons (Fsp3) is 0.0625. The first kappa shape index (κ1) is 28.0. The number of sulfone groups is 1. The molecule has 0 spiro atoms. The van der Waals surface area contributed by atoms with E-state index in [0.29, 0.717) is 28.4 Å². The Morgan fingerprint density at radius 3 is 2.31 bits per heavy atom. The normalized spacial score (nSPS) is 11.0. The molecule has 0 radical (unpaired) electrons. The van der Waals surface area contributed by atoms with Gasteiger partial charge in [0.15, 0.2) is 15.5 Å². The Labute approximate surface area is 241 Å². The highest BCUT2D eigenvalue weighted by Gasteiger charge is 2.17. The van der Waals surface area contributed by atoms with Crippen LogP contribution in [0.5, 0.6) is 11.6 Å². The first-order valence-corrected chi connectivity index (χ1v) is 14.3. The van der Waals surface area contributed by atoms with Gasteiger partial charge in [-0.1, -0.05) is 54.6 Å². The van der Waals surface area contributed by atoms with Gasteiger partial charge >= 0.3 is 5.97 Å². The average Bonchev–Trinajstić information content (AvgIpc) is 2.98. The minimum Gasteiger partial charge on any atom is -0.478 e. The summed E-state index contributed by atoms with van der Waals surface area (Å²) in [6.07, 6.45) is 1.50. The summed E-state index contributed by atoms with van der Waals surface area (Å²) in [7, 11) is -3.59. The first-order valence-electron chi connectivity index (χ1n) is 12.7. The topological polar surface area (TPSA) is 127 Å². The number of amides is 1. The molecule has 1 aromatic heterocycles. The molecule has 0 fully saturated rings. The molecule has 5 aromatic rings. The predicted octanol–water partition coefficient (Wildman–Crippen LogP) is 6.43. The fourth-order valence-corrected chi connectivity index (χ4v) is 5.66. The van der Waals surface area contributed by atoms with Gasteiger partial charge in [-0.15, -0.1) is 0 Å². The molecule has 0 atom stereocenters.